The van der Waals surface area contributed by atoms with Crippen LogP contribution in [0.25, 0.3) is 4.96 Å². The highest BCUT2D eigenvalue weighted by molar-refractivity contribution is 7.20. The number of carbonyl (C=O) groups is 1. The molecule has 3 rings (SSSR count). The molecule has 0 aliphatic carbocycles. The second-order valence-electron chi connectivity index (χ2n) is 4.62. The van der Waals surface area contributed by atoms with Crippen molar-refractivity contribution in [1.82, 2.24) is 14.6 Å². The molecule has 18 heavy (non-hydrogen) atoms. The van der Waals surface area contributed by atoms with Gasteiger partial charge in [0.1, 0.15) is 0 Å². The fraction of sp³-hybridized carbons (Fsp3) is 0.545. The third kappa shape index (κ3) is 1.94. The van der Waals surface area contributed by atoms with E-state index in [0.29, 0.717) is 6.54 Å². The maximum absolute atomic E-state index is 11.0. The average Bonchev–Trinajstić information content (AvgIpc) is 2.86. The van der Waals surface area contributed by atoms with Crippen LogP contribution in [-0.4, -0.2) is 38.8 Å². The van der Waals surface area contributed by atoms with E-state index in [2.05, 4.69) is 15.0 Å². The number of hydrogen-bond donors (Lipinski definition) is 1. The second-order valence-corrected chi connectivity index (χ2v) is 5.55. The number of aromatic nitrogens is 3. The normalized spacial score (nSPS) is 20.5. The highest BCUT2D eigenvalue weighted by atomic mass is 32.1. The lowest BCUT2D eigenvalue weighted by atomic mass is 9.99. The Balaban J connectivity index is 1.84. The van der Waals surface area contributed by atoms with Crippen molar-refractivity contribution < 1.29 is 9.90 Å². The maximum Gasteiger partial charge on any atom is 0.308 e. The molecule has 0 aromatic carbocycles. The minimum absolute atomic E-state index is 0.281. The number of carboxylic acids is 1. The standard InChI is InChI=1S/C11H14N4O2S/c1-7-5-15-10(12-7)18-11(13-15)14-4-2-3-8(6-14)9(16)17/h5,8H,2-4,6H2,1H3,(H,16,17). The molecule has 7 heteroatoms. The van der Waals surface area contributed by atoms with E-state index in [1.54, 1.807) is 4.52 Å². The molecule has 6 nitrogen and oxygen atoms in total. The molecule has 1 aliphatic heterocycles. The van der Waals surface area contributed by atoms with Crippen LogP contribution in [0.1, 0.15) is 18.5 Å². The van der Waals surface area contributed by atoms with Gasteiger partial charge in [0.15, 0.2) is 0 Å². The van der Waals surface area contributed by atoms with Gasteiger partial charge >= 0.3 is 5.97 Å². The highest BCUT2D eigenvalue weighted by Gasteiger charge is 2.27. The van der Waals surface area contributed by atoms with Crippen LogP contribution < -0.4 is 4.90 Å². The Labute approximate surface area is 108 Å². The Bertz CT molecular complexity index is 559. The monoisotopic (exact) mass is 266 g/mol. The van der Waals surface area contributed by atoms with E-state index in [4.69, 9.17) is 5.11 Å². The fourth-order valence-electron chi connectivity index (χ4n) is 2.28. The van der Waals surface area contributed by atoms with E-state index in [1.165, 1.54) is 11.3 Å². The summed E-state index contributed by atoms with van der Waals surface area (Å²) in [5, 5.41) is 14.4. The third-order valence-electron chi connectivity index (χ3n) is 3.19. The zero-order valence-corrected chi connectivity index (χ0v) is 10.9. The summed E-state index contributed by atoms with van der Waals surface area (Å²) in [6.45, 7) is 3.35. The van der Waals surface area contributed by atoms with E-state index < -0.39 is 5.97 Å². The van der Waals surface area contributed by atoms with Crippen LogP contribution in [0.15, 0.2) is 6.20 Å². The molecule has 1 N–H and O–H groups in total. The Hall–Kier alpha value is -1.63. The van der Waals surface area contributed by atoms with Gasteiger partial charge in [-0.1, -0.05) is 11.3 Å². The van der Waals surface area contributed by atoms with Crippen LogP contribution in [-0.2, 0) is 4.79 Å². The van der Waals surface area contributed by atoms with Gasteiger partial charge in [0.2, 0.25) is 10.1 Å². The summed E-state index contributed by atoms with van der Waals surface area (Å²) in [5.41, 5.74) is 0.947. The van der Waals surface area contributed by atoms with E-state index >= 15 is 0 Å². The van der Waals surface area contributed by atoms with Crippen LogP contribution in [0.4, 0.5) is 5.13 Å². The summed E-state index contributed by atoms with van der Waals surface area (Å²) in [6.07, 6.45) is 3.54. The van der Waals surface area contributed by atoms with E-state index in [1.807, 2.05) is 13.1 Å². The van der Waals surface area contributed by atoms with Crippen LogP contribution in [0.5, 0.6) is 0 Å². The smallest absolute Gasteiger partial charge is 0.308 e. The van der Waals surface area contributed by atoms with Crippen molar-refractivity contribution in [3.8, 4) is 0 Å². The quantitative estimate of drug-likeness (QED) is 0.889. The number of carboxylic acid groups (broad SMARTS) is 1. The van der Waals surface area contributed by atoms with Gasteiger partial charge in [-0.3, -0.25) is 4.79 Å². The summed E-state index contributed by atoms with van der Waals surface area (Å²) in [4.78, 5) is 18.3. The number of aryl methyl sites for hydroxylation is 1. The van der Waals surface area contributed by atoms with Crippen LogP contribution >= 0.6 is 11.3 Å². The van der Waals surface area contributed by atoms with Crippen molar-refractivity contribution in [3.63, 3.8) is 0 Å². The lowest BCUT2D eigenvalue weighted by molar-refractivity contribution is -0.141. The van der Waals surface area contributed by atoms with Gasteiger partial charge in [0.05, 0.1) is 17.8 Å². The predicted molar refractivity (Wildman–Crippen MR) is 68.2 cm³/mol. The summed E-state index contributed by atoms with van der Waals surface area (Å²) < 4.78 is 1.76. The van der Waals surface area contributed by atoms with Gasteiger partial charge in [-0.05, 0) is 19.8 Å². The fourth-order valence-corrected chi connectivity index (χ4v) is 3.24. The summed E-state index contributed by atoms with van der Waals surface area (Å²) in [7, 11) is 0. The molecule has 96 valence electrons. The summed E-state index contributed by atoms with van der Waals surface area (Å²) in [6, 6.07) is 0. The molecule has 1 saturated heterocycles. The van der Waals surface area contributed by atoms with Gasteiger partial charge in [0.25, 0.3) is 0 Å². The Kier molecular flexibility index (Phi) is 2.70. The molecule has 3 heterocycles. The zero-order valence-electron chi connectivity index (χ0n) is 10.0. The number of imidazole rings is 1. The van der Waals surface area contributed by atoms with Gasteiger partial charge in [-0.2, -0.15) is 0 Å². The number of anilines is 1. The van der Waals surface area contributed by atoms with Gasteiger partial charge in [-0.15, -0.1) is 5.10 Å². The van der Waals surface area contributed by atoms with Gasteiger partial charge in [-0.25, -0.2) is 9.50 Å². The molecule has 0 spiro atoms. The summed E-state index contributed by atoms with van der Waals surface area (Å²) in [5.74, 6) is -0.992. The number of piperidine rings is 1. The Morgan fingerprint density at radius 3 is 3.17 bits per heavy atom. The molecule has 1 unspecified atom stereocenters. The maximum atomic E-state index is 11.0. The Morgan fingerprint density at radius 2 is 2.44 bits per heavy atom. The van der Waals surface area contributed by atoms with Gasteiger partial charge < -0.3 is 10.0 Å². The van der Waals surface area contributed by atoms with Crippen molar-refractivity contribution in [2.24, 2.45) is 5.92 Å². The number of rotatable bonds is 2. The number of nitrogens with zero attached hydrogens (tertiary/aromatic N) is 4. The first kappa shape index (κ1) is 11.5. The molecule has 1 fully saturated rings. The number of aliphatic carboxylic acids is 1. The highest BCUT2D eigenvalue weighted by Crippen LogP contribution is 2.27. The largest absolute Gasteiger partial charge is 0.481 e. The Morgan fingerprint density at radius 1 is 1.61 bits per heavy atom. The lowest BCUT2D eigenvalue weighted by Crippen LogP contribution is -2.38. The third-order valence-corrected chi connectivity index (χ3v) is 4.18. The van der Waals surface area contributed by atoms with E-state index in [-0.39, 0.29) is 5.92 Å². The summed E-state index contributed by atoms with van der Waals surface area (Å²) >= 11 is 1.51. The second kappa shape index (κ2) is 4.24. The van der Waals surface area contributed by atoms with Gasteiger partial charge in [0, 0.05) is 13.1 Å². The minimum atomic E-state index is -0.711. The molecular weight excluding hydrogens is 252 g/mol. The zero-order chi connectivity index (χ0) is 12.7. The number of hydrogen-bond acceptors (Lipinski definition) is 5. The molecule has 0 bridgehead atoms. The first-order valence-corrected chi connectivity index (χ1v) is 6.76. The van der Waals surface area contributed by atoms with Crippen LogP contribution in [0, 0.1) is 12.8 Å². The van der Waals surface area contributed by atoms with Crippen LogP contribution in [0.2, 0.25) is 0 Å². The molecule has 1 atom stereocenters. The van der Waals surface area contributed by atoms with Crippen LogP contribution in [0.3, 0.4) is 0 Å². The van der Waals surface area contributed by atoms with Crippen molar-refractivity contribution in [2.75, 3.05) is 18.0 Å². The SMILES string of the molecule is Cc1cn2nc(N3CCCC(C(=O)O)C3)sc2n1. The van der Waals surface area contributed by atoms with Crippen molar-refractivity contribution >= 4 is 27.4 Å². The molecule has 2 aromatic rings. The lowest BCUT2D eigenvalue weighted by Gasteiger charge is -2.29. The molecule has 1 aliphatic rings. The first-order valence-electron chi connectivity index (χ1n) is 5.94. The van der Waals surface area contributed by atoms with Crippen molar-refractivity contribution in [3.05, 3.63) is 11.9 Å². The minimum Gasteiger partial charge on any atom is -0.481 e. The molecule has 0 radical (unpaired) electrons. The average molecular weight is 266 g/mol. The van der Waals surface area contributed by atoms with E-state index in [9.17, 15) is 4.79 Å². The first-order chi connectivity index (χ1) is 8.63. The molecular formula is C11H14N4O2S. The van der Waals surface area contributed by atoms with Crippen molar-refractivity contribution in [2.45, 2.75) is 19.8 Å². The predicted octanol–water partition coefficient (Wildman–Crippen LogP) is 1.40. The molecule has 0 amide bonds. The van der Waals surface area contributed by atoms with Crippen molar-refractivity contribution in [1.29, 1.82) is 0 Å². The molecule has 0 saturated carbocycles. The van der Waals surface area contributed by atoms with E-state index in [0.717, 1.165) is 35.2 Å². The topological polar surface area (TPSA) is 70.7 Å². The number of fused-ring (bicyclic) bond motifs is 1. The molecule has 2 aromatic heterocycles.